The molecule has 1 unspecified atom stereocenters. The van der Waals surface area contributed by atoms with Gasteiger partial charge in [0.05, 0.1) is 6.26 Å². The number of benzene rings is 1. The van der Waals surface area contributed by atoms with Crippen LogP contribution in [0.4, 0.5) is 0 Å². The summed E-state index contributed by atoms with van der Waals surface area (Å²) in [5, 5.41) is 0. The summed E-state index contributed by atoms with van der Waals surface area (Å²) >= 11 is 0. The molecule has 0 radical (unpaired) electrons. The first kappa shape index (κ1) is 21.9. The van der Waals surface area contributed by atoms with Gasteiger partial charge in [-0.1, -0.05) is 37.3 Å². The minimum absolute atomic E-state index is 0. The van der Waals surface area contributed by atoms with Crippen molar-refractivity contribution in [1.82, 2.24) is 9.21 Å². The molecule has 0 saturated carbocycles. The SMILES string of the molecule is CCN(C1CCN(C(=O)C(C)(N)c2ccccc2)CC1)S(C)(=O)=O.Cl. The molecule has 1 atom stereocenters. The lowest BCUT2D eigenvalue weighted by molar-refractivity contribution is -0.138. The Kier molecular flexibility index (Phi) is 7.43. The molecule has 1 aromatic carbocycles. The van der Waals surface area contributed by atoms with Crippen molar-refractivity contribution in [1.29, 1.82) is 0 Å². The summed E-state index contributed by atoms with van der Waals surface area (Å²) in [7, 11) is -3.22. The van der Waals surface area contributed by atoms with Crippen LogP contribution in [0.5, 0.6) is 0 Å². The number of rotatable bonds is 5. The van der Waals surface area contributed by atoms with E-state index in [-0.39, 0.29) is 24.4 Å². The molecule has 25 heavy (non-hydrogen) atoms. The topological polar surface area (TPSA) is 83.7 Å². The maximum atomic E-state index is 12.8. The molecule has 2 rings (SSSR count). The molecular formula is C17H28ClN3O3S. The van der Waals surface area contributed by atoms with E-state index in [1.807, 2.05) is 37.3 Å². The van der Waals surface area contributed by atoms with Crippen molar-refractivity contribution in [2.24, 2.45) is 5.73 Å². The normalized spacial score (nSPS) is 18.5. The van der Waals surface area contributed by atoms with Crippen molar-refractivity contribution in [2.75, 3.05) is 25.9 Å². The highest BCUT2D eigenvalue weighted by Crippen LogP contribution is 2.25. The smallest absolute Gasteiger partial charge is 0.246 e. The van der Waals surface area contributed by atoms with Gasteiger partial charge in [-0.05, 0) is 25.3 Å². The average Bonchev–Trinajstić information content (AvgIpc) is 2.55. The fourth-order valence-electron chi connectivity index (χ4n) is 3.36. The van der Waals surface area contributed by atoms with Crippen molar-refractivity contribution in [2.45, 2.75) is 38.3 Å². The van der Waals surface area contributed by atoms with E-state index in [1.165, 1.54) is 10.6 Å². The van der Waals surface area contributed by atoms with Gasteiger partial charge in [0, 0.05) is 25.7 Å². The summed E-state index contributed by atoms with van der Waals surface area (Å²) in [6, 6.07) is 9.28. The van der Waals surface area contributed by atoms with E-state index in [0.29, 0.717) is 32.5 Å². The largest absolute Gasteiger partial charge is 0.341 e. The Labute approximate surface area is 156 Å². The highest BCUT2D eigenvalue weighted by molar-refractivity contribution is 7.88. The van der Waals surface area contributed by atoms with E-state index in [1.54, 1.807) is 11.8 Å². The fraction of sp³-hybridized carbons (Fsp3) is 0.588. The predicted octanol–water partition coefficient (Wildman–Crippen LogP) is 1.55. The van der Waals surface area contributed by atoms with Gasteiger partial charge in [0.1, 0.15) is 5.54 Å². The van der Waals surface area contributed by atoms with Gasteiger partial charge in [0.25, 0.3) is 0 Å². The Bertz CT molecular complexity index is 672. The molecule has 1 fully saturated rings. The summed E-state index contributed by atoms with van der Waals surface area (Å²) in [5.74, 6) is -0.116. The van der Waals surface area contributed by atoms with Crippen LogP contribution in [0.2, 0.25) is 0 Å². The molecule has 2 N–H and O–H groups in total. The summed E-state index contributed by atoms with van der Waals surface area (Å²) in [5.41, 5.74) is 6.01. The van der Waals surface area contributed by atoms with Gasteiger partial charge in [0.2, 0.25) is 15.9 Å². The number of piperidine rings is 1. The molecule has 1 aliphatic heterocycles. The van der Waals surface area contributed by atoms with Crippen molar-refractivity contribution in [3.63, 3.8) is 0 Å². The maximum absolute atomic E-state index is 12.8. The van der Waals surface area contributed by atoms with E-state index in [9.17, 15) is 13.2 Å². The number of carbonyl (C=O) groups is 1. The molecule has 8 heteroatoms. The van der Waals surface area contributed by atoms with Gasteiger partial charge >= 0.3 is 0 Å². The van der Waals surface area contributed by atoms with Gasteiger partial charge in [-0.25, -0.2) is 8.42 Å². The van der Waals surface area contributed by atoms with Crippen LogP contribution in [0.25, 0.3) is 0 Å². The third kappa shape index (κ3) is 4.94. The number of nitrogens with two attached hydrogens (primary N) is 1. The van der Waals surface area contributed by atoms with E-state index in [2.05, 4.69) is 0 Å². The van der Waals surface area contributed by atoms with Crippen LogP contribution in [0, 0.1) is 0 Å². The molecule has 6 nitrogen and oxygen atoms in total. The minimum atomic E-state index is -3.22. The highest BCUT2D eigenvalue weighted by atomic mass is 35.5. The van der Waals surface area contributed by atoms with Crippen LogP contribution in [0.3, 0.4) is 0 Å². The standard InChI is InChI=1S/C17H27N3O3S.ClH/c1-4-20(24(3,22)23)15-10-12-19(13-11-15)16(21)17(2,18)14-8-6-5-7-9-14;/h5-9,15H,4,10-13,18H2,1-3H3;1H. The van der Waals surface area contributed by atoms with E-state index < -0.39 is 15.6 Å². The van der Waals surface area contributed by atoms with Crippen LogP contribution >= 0.6 is 12.4 Å². The lowest BCUT2D eigenvalue weighted by Gasteiger charge is -2.39. The van der Waals surface area contributed by atoms with Crippen LogP contribution in [-0.2, 0) is 20.4 Å². The van der Waals surface area contributed by atoms with Crippen LogP contribution in [0.15, 0.2) is 30.3 Å². The Balaban J connectivity index is 0.00000312. The van der Waals surface area contributed by atoms with E-state index in [0.717, 1.165) is 5.56 Å². The molecule has 1 aliphatic rings. The predicted molar refractivity (Wildman–Crippen MR) is 102 cm³/mol. The number of nitrogens with zero attached hydrogens (tertiary/aromatic N) is 2. The number of halogens is 1. The molecule has 1 amide bonds. The average molecular weight is 390 g/mol. The van der Waals surface area contributed by atoms with Crippen molar-refractivity contribution in [3.8, 4) is 0 Å². The molecule has 142 valence electrons. The molecule has 1 aromatic rings. The number of hydrogen-bond acceptors (Lipinski definition) is 4. The monoisotopic (exact) mass is 389 g/mol. The second kappa shape index (κ2) is 8.49. The molecule has 0 bridgehead atoms. The maximum Gasteiger partial charge on any atom is 0.246 e. The van der Waals surface area contributed by atoms with Gasteiger partial charge in [-0.15, -0.1) is 12.4 Å². The zero-order valence-corrected chi connectivity index (χ0v) is 16.6. The summed E-state index contributed by atoms with van der Waals surface area (Å²) in [6.07, 6.45) is 2.51. The molecular weight excluding hydrogens is 362 g/mol. The second-order valence-electron chi connectivity index (χ2n) is 6.56. The first-order valence-electron chi connectivity index (χ1n) is 8.28. The Morgan fingerprint density at radius 1 is 1.28 bits per heavy atom. The van der Waals surface area contributed by atoms with Gasteiger partial charge in [-0.2, -0.15) is 4.31 Å². The molecule has 1 heterocycles. The first-order chi connectivity index (χ1) is 11.2. The number of hydrogen-bond donors (Lipinski definition) is 1. The minimum Gasteiger partial charge on any atom is -0.341 e. The third-order valence-corrected chi connectivity index (χ3v) is 6.12. The van der Waals surface area contributed by atoms with Crippen molar-refractivity contribution < 1.29 is 13.2 Å². The second-order valence-corrected chi connectivity index (χ2v) is 8.49. The first-order valence-corrected chi connectivity index (χ1v) is 10.1. The van der Waals surface area contributed by atoms with Gasteiger partial charge < -0.3 is 10.6 Å². The number of amides is 1. The van der Waals surface area contributed by atoms with Crippen LogP contribution in [-0.4, -0.2) is 55.5 Å². The van der Waals surface area contributed by atoms with Crippen LogP contribution in [0.1, 0.15) is 32.3 Å². The lowest BCUT2D eigenvalue weighted by atomic mass is 9.90. The third-order valence-electron chi connectivity index (χ3n) is 4.71. The number of sulfonamides is 1. The van der Waals surface area contributed by atoms with Crippen LogP contribution < -0.4 is 5.73 Å². The number of likely N-dealkylation sites (tertiary alicyclic amines) is 1. The molecule has 0 aromatic heterocycles. The highest BCUT2D eigenvalue weighted by Gasteiger charge is 2.37. The molecule has 0 aliphatic carbocycles. The van der Waals surface area contributed by atoms with Crippen molar-refractivity contribution >= 4 is 28.3 Å². The van der Waals surface area contributed by atoms with Gasteiger partial charge in [0.15, 0.2) is 0 Å². The Morgan fingerprint density at radius 3 is 2.24 bits per heavy atom. The fourth-order valence-corrected chi connectivity index (χ4v) is 4.58. The summed E-state index contributed by atoms with van der Waals surface area (Å²) < 4.78 is 25.2. The van der Waals surface area contributed by atoms with E-state index >= 15 is 0 Å². The summed E-state index contributed by atoms with van der Waals surface area (Å²) in [4.78, 5) is 14.6. The zero-order valence-electron chi connectivity index (χ0n) is 15.0. The summed E-state index contributed by atoms with van der Waals surface area (Å²) in [6.45, 7) is 5.07. The Morgan fingerprint density at radius 2 is 1.80 bits per heavy atom. The van der Waals surface area contributed by atoms with Gasteiger partial charge in [-0.3, -0.25) is 4.79 Å². The van der Waals surface area contributed by atoms with Crippen molar-refractivity contribution in [3.05, 3.63) is 35.9 Å². The molecule has 0 spiro atoms. The lowest BCUT2D eigenvalue weighted by Crippen LogP contribution is -2.55. The number of carbonyl (C=O) groups excluding carboxylic acids is 1. The molecule has 1 saturated heterocycles. The zero-order chi connectivity index (χ0) is 18.0. The quantitative estimate of drug-likeness (QED) is 0.828. The Hall–Kier alpha value is -1.15. The van der Waals surface area contributed by atoms with E-state index in [4.69, 9.17) is 5.73 Å².